The van der Waals surface area contributed by atoms with E-state index < -0.39 is 6.23 Å². The lowest BCUT2D eigenvalue weighted by atomic mass is 9.88. The number of nitrogens with zero attached hydrogens (tertiary/aromatic N) is 2. The first-order chi connectivity index (χ1) is 16.7. The van der Waals surface area contributed by atoms with Gasteiger partial charge in [-0.05, 0) is 95.8 Å². The average Bonchev–Trinajstić information content (AvgIpc) is 2.82. The van der Waals surface area contributed by atoms with Crippen LogP contribution in [-0.4, -0.2) is 46.7 Å². The van der Waals surface area contributed by atoms with Crippen LogP contribution in [0.3, 0.4) is 0 Å². The molecule has 1 aliphatic carbocycles. The van der Waals surface area contributed by atoms with E-state index in [1.165, 1.54) is 12.8 Å². The van der Waals surface area contributed by atoms with Gasteiger partial charge in [0.2, 0.25) is 0 Å². The first-order valence-electron chi connectivity index (χ1n) is 13.1. The van der Waals surface area contributed by atoms with E-state index in [2.05, 4.69) is 47.8 Å². The van der Waals surface area contributed by atoms with Crippen LogP contribution in [-0.2, 0) is 6.54 Å². The number of hydrogen-bond donors (Lipinski definition) is 3. The summed E-state index contributed by atoms with van der Waals surface area (Å²) < 4.78 is 0. The molecule has 1 heterocycles. The molecule has 0 aliphatic heterocycles. The monoisotopic (exact) mass is 502 g/mol. The molecule has 2 aromatic rings. The molecule has 1 unspecified atom stereocenters. The maximum Gasteiger partial charge on any atom is 0.252 e. The van der Waals surface area contributed by atoms with Crippen molar-refractivity contribution in [1.29, 1.82) is 0 Å². The van der Waals surface area contributed by atoms with Gasteiger partial charge in [0.05, 0.1) is 0 Å². The van der Waals surface area contributed by atoms with Gasteiger partial charge in [-0.1, -0.05) is 25.4 Å². The number of aliphatic hydroxyl groups is 1. The van der Waals surface area contributed by atoms with Crippen LogP contribution in [0.25, 0.3) is 0 Å². The molecular weight excluding hydrogens is 460 g/mol. The van der Waals surface area contributed by atoms with Gasteiger partial charge >= 0.3 is 0 Å². The molecule has 1 atom stereocenters. The van der Waals surface area contributed by atoms with Gasteiger partial charge in [0.15, 0.2) is 0 Å². The lowest BCUT2D eigenvalue weighted by Crippen LogP contribution is -2.44. The summed E-state index contributed by atoms with van der Waals surface area (Å²) in [6.45, 7) is 15.9. The third-order valence-corrected chi connectivity index (χ3v) is 7.95. The Kier molecular flexibility index (Phi) is 9.82. The topological polar surface area (TPSA) is 71.6 Å². The fourth-order valence-electron chi connectivity index (χ4n) is 5.78. The third-order valence-electron chi connectivity index (χ3n) is 7.73. The van der Waals surface area contributed by atoms with E-state index in [0.29, 0.717) is 22.7 Å². The summed E-state index contributed by atoms with van der Waals surface area (Å²) >= 11 is 6.57. The zero-order valence-electron chi connectivity index (χ0n) is 22.2. The SMILES string of the molecule is CCN(CC)C1CCC(N(CC)c2cc(Cl)cc(C(O)NCc3c(C)cc(C)[nH]c3=O)c2C)CC1. The molecule has 7 heteroatoms. The van der Waals surface area contributed by atoms with Crippen molar-refractivity contribution in [3.63, 3.8) is 0 Å². The van der Waals surface area contributed by atoms with Gasteiger partial charge in [-0.2, -0.15) is 0 Å². The molecule has 1 aliphatic rings. The highest BCUT2D eigenvalue weighted by Gasteiger charge is 2.29. The molecular formula is C28H43ClN4O2. The van der Waals surface area contributed by atoms with Crippen molar-refractivity contribution in [1.82, 2.24) is 15.2 Å². The number of halogens is 1. The van der Waals surface area contributed by atoms with Gasteiger partial charge in [0, 0.05) is 52.7 Å². The minimum atomic E-state index is -0.926. The second-order valence-electron chi connectivity index (χ2n) is 9.84. The molecule has 3 N–H and O–H groups in total. The standard InChI is InChI=1S/C28H43ClN4O2/c1-7-32(8-2)22-10-12-23(13-11-22)33(9-3)26-16-21(29)15-24(20(26)6)27(34)30-17-25-18(4)14-19(5)31-28(25)35/h14-16,22-23,27,30,34H,7-13,17H2,1-6H3,(H,31,35). The smallest absolute Gasteiger partial charge is 0.252 e. The van der Waals surface area contributed by atoms with Crippen molar-refractivity contribution in [2.24, 2.45) is 0 Å². The molecule has 0 amide bonds. The number of anilines is 1. The van der Waals surface area contributed by atoms with Gasteiger partial charge in [0.25, 0.3) is 5.56 Å². The molecule has 194 valence electrons. The van der Waals surface area contributed by atoms with E-state index in [4.69, 9.17) is 11.6 Å². The van der Waals surface area contributed by atoms with Crippen molar-refractivity contribution in [2.45, 2.75) is 92.1 Å². The highest BCUT2D eigenvalue weighted by atomic mass is 35.5. The molecule has 1 aromatic carbocycles. The number of aromatic amines is 1. The fraction of sp³-hybridized carbons (Fsp3) is 0.607. The van der Waals surface area contributed by atoms with Crippen molar-refractivity contribution in [3.8, 4) is 0 Å². The second-order valence-corrected chi connectivity index (χ2v) is 10.3. The van der Waals surface area contributed by atoms with Gasteiger partial charge < -0.3 is 19.9 Å². The van der Waals surface area contributed by atoms with Gasteiger partial charge in [-0.15, -0.1) is 0 Å². The van der Waals surface area contributed by atoms with Crippen molar-refractivity contribution in [3.05, 3.63) is 61.5 Å². The number of rotatable bonds is 10. The van der Waals surface area contributed by atoms with Crippen LogP contribution in [0.2, 0.25) is 5.02 Å². The van der Waals surface area contributed by atoms with Crippen LogP contribution in [0.5, 0.6) is 0 Å². The number of aromatic nitrogens is 1. The Labute approximate surface area is 215 Å². The molecule has 6 nitrogen and oxygen atoms in total. The molecule has 1 aromatic heterocycles. The first kappa shape index (κ1) is 27.7. The lowest BCUT2D eigenvalue weighted by Gasteiger charge is -2.41. The van der Waals surface area contributed by atoms with Crippen molar-refractivity contribution >= 4 is 17.3 Å². The summed E-state index contributed by atoms with van der Waals surface area (Å²) in [5.74, 6) is 0. The molecule has 1 saturated carbocycles. The summed E-state index contributed by atoms with van der Waals surface area (Å²) in [4.78, 5) is 20.3. The second kappa shape index (κ2) is 12.4. The summed E-state index contributed by atoms with van der Waals surface area (Å²) in [5.41, 5.74) is 5.12. The maximum atomic E-state index is 12.4. The normalized spacial score (nSPS) is 19.2. The van der Waals surface area contributed by atoms with E-state index >= 15 is 0 Å². The lowest BCUT2D eigenvalue weighted by molar-refractivity contribution is 0.136. The summed E-state index contributed by atoms with van der Waals surface area (Å²) in [6, 6.07) is 6.95. The molecule has 3 rings (SSSR count). The fourth-order valence-corrected chi connectivity index (χ4v) is 6.00. The minimum absolute atomic E-state index is 0.122. The van der Waals surface area contributed by atoms with E-state index in [-0.39, 0.29) is 12.1 Å². The maximum absolute atomic E-state index is 12.4. The molecule has 35 heavy (non-hydrogen) atoms. The average molecular weight is 503 g/mol. The van der Waals surface area contributed by atoms with E-state index in [1.54, 1.807) is 0 Å². The van der Waals surface area contributed by atoms with E-state index in [0.717, 1.165) is 60.5 Å². The van der Waals surface area contributed by atoms with Crippen LogP contribution >= 0.6 is 11.6 Å². The molecule has 0 radical (unpaired) electrons. The van der Waals surface area contributed by atoms with Crippen LogP contribution in [0.15, 0.2) is 23.0 Å². The van der Waals surface area contributed by atoms with E-state index in [9.17, 15) is 9.90 Å². The largest absolute Gasteiger partial charge is 0.374 e. The summed E-state index contributed by atoms with van der Waals surface area (Å²) in [5, 5.41) is 14.8. The first-order valence-corrected chi connectivity index (χ1v) is 13.5. The Morgan fingerprint density at radius 2 is 1.66 bits per heavy atom. The number of hydrogen-bond acceptors (Lipinski definition) is 5. The number of benzene rings is 1. The predicted octanol–water partition coefficient (Wildman–Crippen LogP) is 5.21. The van der Waals surface area contributed by atoms with Crippen LogP contribution in [0.1, 0.15) is 80.6 Å². The number of nitrogens with one attached hydrogen (secondary N) is 2. The van der Waals surface area contributed by atoms with Crippen LogP contribution < -0.4 is 15.8 Å². The van der Waals surface area contributed by atoms with Crippen LogP contribution in [0.4, 0.5) is 5.69 Å². The van der Waals surface area contributed by atoms with E-state index in [1.807, 2.05) is 32.0 Å². The number of pyridine rings is 1. The number of aryl methyl sites for hydroxylation is 2. The van der Waals surface area contributed by atoms with Gasteiger partial charge in [-0.25, -0.2) is 0 Å². The van der Waals surface area contributed by atoms with Crippen molar-refractivity contribution < 1.29 is 5.11 Å². The molecule has 0 bridgehead atoms. The number of H-pyrrole nitrogens is 1. The Hall–Kier alpha value is -1.86. The molecule has 0 saturated heterocycles. The Morgan fingerprint density at radius 3 is 2.23 bits per heavy atom. The zero-order valence-corrected chi connectivity index (χ0v) is 23.0. The summed E-state index contributed by atoms with van der Waals surface area (Å²) in [6.07, 6.45) is 3.82. The quantitative estimate of drug-likeness (QED) is 0.389. The van der Waals surface area contributed by atoms with Crippen LogP contribution in [0, 0.1) is 20.8 Å². The van der Waals surface area contributed by atoms with Gasteiger partial charge in [0.1, 0.15) is 6.23 Å². The third kappa shape index (κ3) is 6.48. The highest BCUT2D eigenvalue weighted by molar-refractivity contribution is 6.31. The Balaban J connectivity index is 1.78. The summed E-state index contributed by atoms with van der Waals surface area (Å²) in [7, 11) is 0. The zero-order chi connectivity index (χ0) is 25.7. The highest BCUT2D eigenvalue weighted by Crippen LogP contribution is 2.35. The Bertz CT molecular complexity index is 1040. The Morgan fingerprint density at radius 1 is 1.03 bits per heavy atom. The van der Waals surface area contributed by atoms with Gasteiger partial charge in [-0.3, -0.25) is 10.1 Å². The minimum Gasteiger partial charge on any atom is -0.374 e. The predicted molar refractivity (Wildman–Crippen MR) is 147 cm³/mol. The van der Waals surface area contributed by atoms with Crippen molar-refractivity contribution in [2.75, 3.05) is 24.5 Å². The molecule has 0 spiro atoms. The molecule has 1 fully saturated rings. The number of aliphatic hydroxyl groups excluding tert-OH is 1.